The number of nitrogens with one attached hydrogen (secondary N) is 3. The average molecular weight is 399 g/mol. The van der Waals surface area contributed by atoms with Crippen LogP contribution in [0, 0.1) is 0 Å². The first-order valence-corrected chi connectivity index (χ1v) is 9.41. The van der Waals surface area contributed by atoms with Crippen LogP contribution in [0.15, 0.2) is 29.1 Å². The number of primary amides is 2. The van der Waals surface area contributed by atoms with Crippen LogP contribution < -0.4 is 33.4 Å². The number of nitrogens with two attached hydrogens (primary N) is 3. The van der Waals surface area contributed by atoms with Gasteiger partial charge in [0, 0.05) is 23.3 Å². The maximum absolute atomic E-state index is 12.4. The zero-order valence-corrected chi connectivity index (χ0v) is 16.0. The highest BCUT2D eigenvalue weighted by atomic mass is 16.2. The van der Waals surface area contributed by atoms with Crippen molar-refractivity contribution in [3.05, 3.63) is 45.7 Å². The minimum absolute atomic E-state index is 0.00490. The van der Waals surface area contributed by atoms with Crippen LogP contribution in [0.1, 0.15) is 52.8 Å². The van der Waals surface area contributed by atoms with E-state index in [9.17, 15) is 14.4 Å². The first kappa shape index (κ1) is 20.3. The van der Waals surface area contributed by atoms with Gasteiger partial charge in [-0.1, -0.05) is 19.3 Å². The van der Waals surface area contributed by atoms with Gasteiger partial charge in [-0.25, -0.2) is 0 Å². The van der Waals surface area contributed by atoms with Crippen molar-refractivity contribution in [2.24, 2.45) is 17.2 Å². The van der Waals surface area contributed by atoms with E-state index in [0.717, 1.165) is 25.7 Å². The topological polar surface area (TPSA) is 182 Å². The van der Waals surface area contributed by atoms with Crippen molar-refractivity contribution < 1.29 is 9.59 Å². The minimum Gasteiger partial charge on any atom is -0.366 e. The van der Waals surface area contributed by atoms with Crippen molar-refractivity contribution in [2.45, 2.75) is 37.6 Å². The van der Waals surface area contributed by atoms with Crippen molar-refractivity contribution in [3.8, 4) is 0 Å². The molecule has 154 valence electrons. The normalized spacial score (nSPS) is 15.5. The number of H-pyrrole nitrogens is 1. The molecule has 1 aromatic heterocycles. The summed E-state index contributed by atoms with van der Waals surface area (Å²) in [5.41, 5.74) is 16.5. The van der Waals surface area contributed by atoms with Gasteiger partial charge < -0.3 is 27.8 Å². The Morgan fingerprint density at radius 3 is 2.31 bits per heavy atom. The molecule has 29 heavy (non-hydrogen) atoms. The van der Waals surface area contributed by atoms with Gasteiger partial charge in [-0.15, -0.1) is 0 Å². The molecule has 9 N–H and O–H groups in total. The SMILES string of the molecule is NC(=O)c1ccc(Nc2nc(NCC3(N)CCCCC3)[nH]c(=O)c2C(N)=O)cc1. The number of benzene rings is 1. The van der Waals surface area contributed by atoms with Crippen LogP contribution in [-0.2, 0) is 0 Å². The number of carbonyl (C=O) groups excluding carboxylic acids is 2. The van der Waals surface area contributed by atoms with E-state index in [2.05, 4.69) is 20.6 Å². The molecule has 1 aliphatic rings. The average Bonchev–Trinajstić information content (AvgIpc) is 2.67. The highest BCUT2D eigenvalue weighted by Crippen LogP contribution is 2.26. The Morgan fingerprint density at radius 1 is 1.07 bits per heavy atom. The molecule has 0 unspecified atom stereocenters. The van der Waals surface area contributed by atoms with Gasteiger partial charge in [0.15, 0.2) is 5.82 Å². The number of hydrogen-bond donors (Lipinski definition) is 6. The summed E-state index contributed by atoms with van der Waals surface area (Å²) >= 11 is 0. The predicted molar refractivity (Wildman–Crippen MR) is 110 cm³/mol. The van der Waals surface area contributed by atoms with Gasteiger partial charge in [-0.05, 0) is 37.1 Å². The first-order valence-electron chi connectivity index (χ1n) is 9.41. The van der Waals surface area contributed by atoms with Crippen LogP contribution in [0.4, 0.5) is 17.5 Å². The van der Waals surface area contributed by atoms with E-state index in [-0.39, 0.29) is 22.9 Å². The summed E-state index contributed by atoms with van der Waals surface area (Å²) in [4.78, 5) is 42.2. The van der Waals surface area contributed by atoms with E-state index < -0.39 is 17.4 Å². The Morgan fingerprint density at radius 2 is 1.72 bits per heavy atom. The number of amides is 2. The second kappa shape index (κ2) is 8.31. The molecule has 0 bridgehead atoms. The lowest BCUT2D eigenvalue weighted by atomic mass is 9.82. The molecule has 1 aromatic carbocycles. The monoisotopic (exact) mass is 399 g/mol. The van der Waals surface area contributed by atoms with Gasteiger partial charge in [0.1, 0.15) is 5.56 Å². The van der Waals surface area contributed by atoms with Crippen LogP contribution in [0.25, 0.3) is 0 Å². The molecular formula is C19H25N7O3. The second-order valence-corrected chi connectivity index (χ2v) is 7.35. The molecule has 0 saturated heterocycles. The van der Waals surface area contributed by atoms with Crippen molar-refractivity contribution in [1.82, 2.24) is 9.97 Å². The number of anilines is 3. The molecule has 1 aliphatic carbocycles. The number of hydrogen-bond acceptors (Lipinski definition) is 7. The van der Waals surface area contributed by atoms with Gasteiger partial charge in [0.25, 0.3) is 11.5 Å². The fraction of sp³-hybridized carbons (Fsp3) is 0.368. The lowest BCUT2D eigenvalue weighted by molar-refractivity contribution is 0.0991. The van der Waals surface area contributed by atoms with Crippen LogP contribution >= 0.6 is 0 Å². The number of aromatic nitrogens is 2. The van der Waals surface area contributed by atoms with E-state index >= 15 is 0 Å². The molecule has 10 heteroatoms. The lowest BCUT2D eigenvalue weighted by Gasteiger charge is -2.33. The fourth-order valence-electron chi connectivity index (χ4n) is 3.42. The fourth-order valence-corrected chi connectivity index (χ4v) is 3.42. The van der Waals surface area contributed by atoms with Crippen molar-refractivity contribution in [1.29, 1.82) is 0 Å². The first-order chi connectivity index (χ1) is 13.8. The summed E-state index contributed by atoms with van der Waals surface area (Å²) in [6, 6.07) is 6.19. The lowest BCUT2D eigenvalue weighted by Crippen LogP contribution is -2.48. The number of aromatic amines is 1. The van der Waals surface area contributed by atoms with Crippen LogP contribution in [0.3, 0.4) is 0 Å². The van der Waals surface area contributed by atoms with Gasteiger partial charge in [0.05, 0.1) is 0 Å². The van der Waals surface area contributed by atoms with Gasteiger partial charge in [0.2, 0.25) is 11.9 Å². The molecule has 1 fully saturated rings. The van der Waals surface area contributed by atoms with E-state index in [4.69, 9.17) is 17.2 Å². The van der Waals surface area contributed by atoms with E-state index in [0.29, 0.717) is 17.8 Å². The molecule has 2 aromatic rings. The smallest absolute Gasteiger partial charge is 0.267 e. The summed E-state index contributed by atoms with van der Waals surface area (Å²) in [5.74, 6) is -1.28. The standard InChI is InChI=1S/C19H25N7O3/c20-14(27)11-4-6-12(7-5-11)24-16-13(15(21)28)17(29)26-18(25-16)23-10-19(22)8-2-1-3-9-19/h4-7H,1-3,8-10,22H2,(H2,20,27)(H2,21,28)(H3,23,24,25,26,29). The highest BCUT2D eigenvalue weighted by molar-refractivity contribution is 5.98. The molecule has 0 spiro atoms. The summed E-state index contributed by atoms with van der Waals surface area (Å²) in [7, 11) is 0. The van der Waals surface area contributed by atoms with Crippen LogP contribution in [-0.4, -0.2) is 33.9 Å². The second-order valence-electron chi connectivity index (χ2n) is 7.35. The maximum Gasteiger partial charge on any atom is 0.267 e. The Bertz CT molecular complexity index is 963. The molecule has 2 amide bonds. The quantitative estimate of drug-likeness (QED) is 0.397. The Kier molecular flexibility index (Phi) is 5.83. The third-order valence-corrected chi connectivity index (χ3v) is 5.06. The van der Waals surface area contributed by atoms with E-state index in [1.54, 1.807) is 12.1 Å². The molecule has 10 nitrogen and oxygen atoms in total. The summed E-state index contributed by atoms with van der Waals surface area (Å²) < 4.78 is 0. The summed E-state index contributed by atoms with van der Waals surface area (Å²) in [6.45, 7) is 0.443. The Hall–Kier alpha value is -3.40. The zero-order valence-electron chi connectivity index (χ0n) is 16.0. The van der Waals surface area contributed by atoms with Gasteiger partial charge >= 0.3 is 0 Å². The number of carbonyl (C=O) groups is 2. The van der Waals surface area contributed by atoms with Gasteiger partial charge in [-0.2, -0.15) is 4.98 Å². The number of nitrogens with zero attached hydrogens (tertiary/aromatic N) is 1. The van der Waals surface area contributed by atoms with Crippen molar-refractivity contribution in [2.75, 3.05) is 17.2 Å². The third kappa shape index (κ3) is 4.91. The molecule has 0 atom stereocenters. The summed E-state index contributed by atoms with van der Waals surface area (Å²) in [6.07, 6.45) is 5.08. The zero-order chi connectivity index (χ0) is 21.0. The Balaban J connectivity index is 1.85. The molecule has 1 saturated carbocycles. The van der Waals surface area contributed by atoms with Crippen LogP contribution in [0.5, 0.6) is 0 Å². The van der Waals surface area contributed by atoms with Crippen molar-refractivity contribution in [3.63, 3.8) is 0 Å². The molecule has 3 rings (SSSR count). The molecule has 0 aliphatic heterocycles. The minimum atomic E-state index is -0.913. The van der Waals surface area contributed by atoms with Crippen molar-refractivity contribution >= 4 is 29.3 Å². The van der Waals surface area contributed by atoms with Crippen LogP contribution in [0.2, 0.25) is 0 Å². The molecule has 0 radical (unpaired) electrons. The Labute approximate surface area is 167 Å². The summed E-state index contributed by atoms with van der Waals surface area (Å²) in [5, 5.41) is 5.96. The largest absolute Gasteiger partial charge is 0.366 e. The predicted octanol–water partition coefficient (Wildman–Crippen LogP) is 0.785. The van der Waals surface area contributed by atoms with E-state index in [1.807, 2.05) is 0 Å². The molecular weight excluding hydrogens is 374 g/mol. The maximum atomic E-state index is 12.4. The molecule has 1 heterocycles. The number of rotatable bonds is 7. The third-order valence-electron chi connectivity index (χ3n) is 5.06. The van der Waals surface area contributed by atoms with E-state index in [1.165, 1.54) is 18.6 Å². The highest BCUT2D eigenvalue weighted by Gasteiger charge is 2.27. The van der Waals surface area contributed by atoms with Gasteiger partial charge in [-0.3, -0.25) is 19.4 Å².